The molecule has 46 heavy (non-hydrogen) atoms. The molecule has 0 unspecified atom stereocenters. The first-order valence-corrected chi connectivity index (χ1v) is 16.1. The Labute approximate surface area is 273 Å². The highest BCUT2D eigenvalue weighted by molar-refractivity contribution is 5.94. The van der Waals surface area contributed by atoms with Crippen LogP contribution >= 0.6 is 0 Å². The smallest absolute Gasteiger partial charge is 0.420 e. The zero-order valence-corrected chi connectivity index (χ0v) is 28.4. The van der Waals surface area contributed by atoms with Crippen LogP contribution in [0.15, 0.2) is 60.7 Å². The van der Waals surface area contributed by atoms with Crippen molar-refractivity contribution >= 4 is 18.2 Å². The number of benzene rings is 2. The number of carbonyl (C=O) groups excluding carboxylic acids is 3. The summed E-state index contributed by atoms with van der Waals surface area (Å²) in [7, 11) is 0. The fourth-order valence-corrected chi connectivity index (χ4v) is 4.90. The lowest BCUT2D eigenvalue weighted by molar-refractivity contribution is -0.170. The van der Waals surface area contributed by atoms with Gasteiger partial charge < -0.3 is 28.4 Å². The van der Waals surface area contributed by atoms with Crippen LogP contribution in [0.4, 0.5) is 9.59 Å². The minimum atomic E-state index is -1.46. The van der Waals surface area contributed by atoms with Crippen LogP contribution in [0.1, 0.15) is 72.4 Å². The van der Waals surface area contributed by atoms with Crippen molar-refractivity contribution in [2.24, 2.45) is 0 Å². The van der Waals surface area contributed by atoms with Crippen LogP contribution in [0.3, 0.4) is 0 Å². The van der Waals surface area contributed by atoms with Gasteiger partial charge in [0.15, 0.2) is 6.04 Å². The maximum atomic E-state index is 13.6. The molecule has 10 heteroatoms. The van der Waals surface area contributed by atoms with E-state index in [2.05, 4.69) is 24.3 Å². The fourth-order valence-electron chi connectivity index (χ4n) is 4.90. The lowest BCUT2D eigenvalue weighted by Crippen LogP contribution is -2.54. The van der Waals surface area contributed by atoms with E-state index in [1.54, 1.807) is 48.5 Å². The third kappa shape index (κ3) is 12.7. The number of hydrogen-bond donors (Lipinski definition) is 0. The van der Waals surface area contributed by atoms with Crippen molar-refractivity contribution in [2.75, 3.05) is 26.4 Å². The molecule has 1 aliphatic rings. The molecule has 1 fully saturated rings. The van der Waals surface area contributed by atoms with Crippen LogP contribution in [0, 0.1) is 0 Å². The molecule has 0 saturated carbocycles. The molecule has 0 aromatic heterocycles. The van der Waals surface area contributed by atoms with Gasteiger partial charge in [0.25, 0.3) is 0 Å². The quantitative estimate of drug-likeness (QED) is 0.154. The molecule has 0 spiro atoms. The normalized spacial score (nSPS) is 20.9. The number of amides is 2. The number of imide groups is 1. The molecule has 0 radical (unpaired) electrons. The summed E-state index contributed by atoms with van der Waals surface area (Å²) in [6, 6.07) is 18.8. The predicted molar refractivity (Wildman–Crippen MR) is 173 cm³/mol. The summed E-state index contributed by atoms with van der Waals surface area (Å²) in [4.78, 5) is 40.9. The summed E-state index contributed by atoms with van der Waals surface area (Å²) in [6.45, 7) is 12.2. The minimum absolute atomic E-state index is 0.0443. The van der Waals surface area contributed by atoms with Crippen molar-refractivity contribution in [1.29, 1.82) is 0 Å². The van der Waals surface area contributed by atoms with E-state index in [-0.39, 0.29) is 13.2 Å². The second kappa shape index (κ2) is 17.4. The molecule has 2 amide bonds. The van der Waals surface area contributed by atoms with Gasteiger partial charge in [0.1, 0.15) is 29.5 Å². The Morgan fingerprint density at radius 2 is 1.24 bits per heavy atom. The second-order valence-electron chi connectivity index (χ2n) is 13.4. The Hall–Kier alpha value is -3.47. The second-order valence-corrected chi connectivity index (χ2v) is 13.4. The first-order valence-electron chi connectivity index (χ1n) is 16.1. The van der Waals surface area contributed by atoms with Gasteiger partial charge in [-0.15, -0.1) is 0 Å². The van der Waals surface area contributed by atoms with Gasteiger partial charge in [-0.2, -0.15) is 4.90 Å². The molecule has 1 heterocycles. The maximum absolute atomic E-state index is 13.6. The molecule has 3 rings (SSSR count). The standard InChI is InChI=1S/C36H51NO9/c1-26-31(43-23-15-21-28-18-12-9-13-19-28)30(42-22-14-20-27-16-10-8-11-17-27)25-41-24-29(32(38)44-26)37(33(39)45-35(2,3)4)34(40)46-36(5,6)7/h8-13,16-19,26,29-31H,14-15,20-25H2,1-7H3/t26-,29-,30-,31-/m0/s1. The first-order chi connectivity index (χ1) is 21.7. The summed E-state index contributed by atoms with van der Waals surface area (Å²) < 4.78 is 35.5. The van der Waals surface area contributed by atoms with Crippen molar-refractivity contribution in [3.05, 3.63) is 71.8 Å². The number of carbonyl (C=O) groups is 3. The maximum Gasteiger partial charge on any atom is 0.420 e. The average molecular weight is 642 g/mol. The molecule has 254 valence electrons. The fraction of sp³-hybridized carbons (Fsp3) is 0.583. The topological polar surface area (TPSA) is 110 Å². The lowest BCUT2D eigenvalue weighted by atomic mass is 10.1. The first kappa shape index (κ1) is 37.0. The highest BCUT2D eigenvalue weighted by atomic mass is 16.6. The molecule has 1 saturated heterocycles. The predicted octanol–water partition coefficient (Wildman–Crippen LogP) is 6.53. The Balaban J connectivity index is 1.78. The van der Waals surface area contributed by atoms with Crippen molar-refractivity contribution in [3.63, 3.8) is 0 Å². The number of nitrogens with zero attached hydrogens (tertiary/aromatic N) is 1. The zero-order valence-electron chi connectivity index (χ0n) is 28.4. The Morgan fingerprint density at radius 3 is 1.72 bits per heavy atom. The number of esters is 1. The minimum Gasteiger partial charge on any atom is -0.458 e. The SMILES string of the molecule is C[C@@H]1OC(=O)[C@@H](N(C(=O)OC(C)(C)C)C(=O)OC(C)(C)C)COC[C@H](OCCCc2ccccc2)[C@H]1OCCCc1ccccc1. The summed E-state index contributed by atoms with van der Waals surface area (Å²) in [5.74, 6) is -0.841. The molecule has 0 aliphatic carbocycles. The summed E-state index contributed by atoms with van der Waals surface area (Å²) in [5, 5.41) is 0. The van der Waals surface area contributed by atoms with E-state index in [9.17, 15) is 14.4 Å². The van der Waals surface area contributed by atoms with E-state index in [4.69, 9.17) is 28.4 Å². The van der Waals surface area contributed by atoms with E-state index in [1.165, 1.54) is 11.1 Å². The van der Waals surface area contributed by atoms with Gasteiger partial charge in [-0.25, -0.2) is 14.4 Å². The van der Waals surface area contributed by atoms with Gasteiger partial charge in [-0.05, 0) is 85.3 Å². The number of hydrogen-bond acceptors (Lipinski definition) is 9. The van der Waals surface area contributed by atoms with Gasteiger partial charge >= 0.3 is 18.2 Å². The number of rotatable bonds is 11. The molecule has 10 nitrogen and oxygen atoms in total. The Morgan fingerprint density at radius 1 is 0.761 bits per heavy atom. The molecular formula is C36H51NO9. The molecule has 0 bridgehead atoms. The van der Waals surface area contributed by atoms with Gasteiger partial charge in [0.05, 0.1) is 13.2 Å². The van der Waals surface area contributed by atoms with Crippen LogP contribution < -0.4 is 0 Å². The molecule has 1 aliphatic heterocycles. The van der Waals surface area contributed by atoms with Crippen LogP contribution in [0.25, 0.3) is 0 Å². The molecular weight excluding hydrogens is 590 g/mol. The Kier molecular flexibility index (Phi) is 14.0. The third-order valence-electron chi connectivity index (χ3n) is 7.00. The van der Waals surface area contributed by atoms with E-state index in [1.807, 2.05) is 36.4 Å². The molecule has 2 aromatic carbocycles. The summed E-state index contributed by atoms with van der Waals surface area (Å²) >= 11 is 0. The summed E-state index contributed by atoms with van der Waals surface area (Å²) in [6.07, 6.45) is -0.930. The van der Waals surface area contributed by atoms with E-state index in [0.717, 1.165) is 25.7 Å². The average Bonchev–Trinajstić information content (AvgIpc) is 3.01. The van der Waals surface area contributed by atoms with Gasteiger partial charge in [0.2, 0.25) is 0 Å². The van der Waals surface area contributed by atoms with E-state index in [0.29, 0.717) is 18.1 Å². The van der Waals surface area contributed by atoms with Gasteiger partial charge in [-0.1, -0.05) is 60.7 Å². The van der Waals surface area contributed by atoms with E-state index < -0.39 is 53.7 Å². The number of cyclic esters (lactones) is 1. The number of ether oxygens (including phenoxy) is 6. The largest absolute Gasteiger partial charge is 0.458 e. The van der Waals surface area contributed by atoms with Crippen LogP contribution in [0.2, 0.25) is 0 Å². The summed E-state index contributed by atoms with van der Waals surface area (Å²) in [5.41, 5.74) is 0.528. The molecule has 2 aromatic rings. The molecule has 0 N–H and O–H groups in total. The molecule has 4 atom stereocenters. The number of aryl methyl sites for hydroxylation is 2. The monoisotopic (exact) mass is 641 g/mol. The lowest BCUT2D eigenvalue weighted by Gasteiger charge is -2.32. The Bertz CT molecular complexity index is 1200. The highest BCUT2D eigenvalue weighted by Crippen LogP contribution is 2.22. The highest BCUT2D eigenvalue weighted by Gasteiger charge is 2.44. The van der Waals surface area contributed by atoms with Gasteiger partial charge in [-0.3, -0.25) is 0 Å². The van der Waals surface area contributed by atoms with Crippen molar-refractivity contribution in [2.45, 2.75) is 110 Å². The van der Waals surface area contributed by atoms with Crippen LogP contribution in [0.5, 0.6) is 0 Å². The third-order valence-corrected chi connectivity index (χ3v) is 7.00. The van der Waals surface area contributed by atoms with Crippen LogP contribution in [-0.2, 0) is 46.1 Å². The van der Waals surface area contributed by atoms with Crippen molar-refractivity contribution in [1.82, 2.24) is 4.90 Å². The zero-order chi connectivity index (χ0) is 33.7. The van der Waals surface area contributed by atoms with Gasteiger partial charge in [0, 0.05) is 13.2 Å². The van der Waals surface area contributed by atoms with E-state index >= 15 is 0 Å². The van der Waals surface area contributed by atoms with Crippen molar-refractivity contribution in [3.8, 4) is 0 Å². The van der Waals surface area contributed by atoms with Crippen molar-refractivity contribution < 1.29 is 42.8 Å². The van der Waals surface area contributed by atoms with Crippen LogP contribution in [-0.4, -0.2) is 85.0 Å².